The van der Waals surface area contributed by atoms with E-state index in [2.05, 4.69) is 24.0 Å². The zero-order valence-electron chi connectivity index (χ0n) is 12.2. The maximum atomic E-state index is 12.1. The van der Waals surface area contributed by atoms with E-state index < -0.39 is 0 Å². The Bertz CT molecular complexity index is 427. The van der Waals surface area contributed by atoms with E-state index in [4.69, 9.17) is 0 Å². The Hall–Kier alpha value is -1.31. The maximum absolute atomic E-state index is 12.1. The highest BCUT2D eigenvalue weighted by atomic mass is 16.1. The lowest BCUT2D eigenvalue weighted by Gasteiger charge is -2.33. The summed E-state index contributed by atoms with van der Waals surface area (Å²) in [5.74, 6) is 0.259. The molecule has 1 unspecified atom stereocenters. The van der Waals surface area contributed by atoms with Crippen LogP contribution in [-0.2, 0) is 0 Å². The van der Waals surface area contributed by atoms with Crippen molar-refractivity contribution in [1.82, 2.24) is 0 Å². The number of rotatable bonds is 4. The Morgan fingerprint density at radius 1 is 1.21 bits per heavy atom. The molecular formula is C17H25NO. The summed E-state index contributed by atoms with van der Waals surface area (Å²) in [7, 11) is 0. The molecule has 0 saturated carbocycles. The molecule has 0 spiro atoms. The minimum atomic E-state index is 0.259. The van der Waals surface area contributed by atoms with Gasteiger partial charge in [-0.25, -0.2) is 0 Å². The number of anilines is 1. The van der Waals surface area contributed by atoms with Gasteiger partial charge in [0.05, 0.1) is 0 Å². The lowest BCUT2D eigenvalue weighted by atomic mass is 10.0. The highest BCUT2D eigenvalue weighted by Crippen LogP contribution is 2.29. The second kappa shape index (κ2) is 6.74. The molecular weight excluding hydrogens is 234 g/mol. The molecule has 1 aliphatic rings. The van der Waals surface area contributed by atoms with Crippen LogP contribution in [0.5, 0.6) is 0 Å². The molecule has 1 fully saturated rings. The van der Waals surface area contributed by atoms with Crippen LogP contribution in [0.1, 0.15) is 62.7 Å². The number of hydrogen-bond acceptors (Lipinski definition) is 2. The number of para-hydroxylation sites is 1. The maximum Gasteiger partial charge on any atom is 0.164 e. The summed E-state index contributed by atoms with van der Waals surface area (Å²) in [5.41, 5.74) is 2.06. The Balaban J connectivity index is 2.35. The first-order valence-electron chi connectivity index (χ1n) is 7.66. The number of Topliss-reactive ketones (excluding diaryl/α,β-unsaturated/α-hetero) is 1. The predicted molar refractivity (Wildman–Crippen MR) is 81.0 cm³/mol. The molecule has 1 aromatic carbocycles. The Morgan fingerprint density at radius 2 is 2.00 bits per heavy atom. The van der Waals surface area contributed by atoms with Crippen LogP contribution in [0.2, 0.25) is 0 Å². The van der Waals surface area contributed by atoms with Gasteiger partial charge in [-0.15, -0.1) is 0 Å². The third-order valence-electron chi connectivity index (χ3n) is 4.18. The third-order valence-corrected chi connectivity index (χ3v) is 4.18. The number of ketones is 1. The fourth-order valence-corrected chi connectivity index (χ4v) is 3.07. The average molecular weight is 259 g/mol. The van der Waals surface area contributed by atoms with Gasteiger partial charge in [-0.1, -0.05) is 38.8 Å². The molecule has 0 amide bonds. The zero-order valence-corrected chi connectivity index (χ0v) is 12.2. The van der Waals surface area contributed by atoms with Crippen LogP contribution < -0.4 is 4.90 Å². The summed E-state index contributed by atoms with van der Waals surface area (Å²) in [6.07, 6.45) is 6.88. The van der Waals surface area contributed by atoms with Crippen molar-refractivity contribution in [2.45, 2.75) is 58.4 Å². The van der Waals surface area contributed by atoms with E-state index in [0.717, 1.165) is 24.2 Å². The van der Waals surface area contributed by atoms with Gasteiger partial charge >= 0.3 is 0 Å². The average Bonchev–Trinajstić information content (AvgIpc) is 2.71. The lowest BCUT2D eigenvalue weighted by Crippen LogP contribution is -2.35. The number of benzene rings is 1. The van der Waals surface area contributed by atoms with E-state index in [1.165, 1.54) is 25.7 Å². The largest absolute Gasteiger partial charge is 0.368 e. The van der Waals surface area contributed by atoms with Crippen molar-refractivity contribution in [2.24, 2.45) is 0 Å². The van der Waals surface area contributed by atoms with Gasteiger partial charge in [0.25, 0.3) is 0 Å². The molecule has 0 aliphatic carbocycles. The van der Waals surface area contributed by atoms with Crippen LogP contribution in [0, 0.1) is 0 Å². The first-order valence-corrected chi connectivity index (χ1v) is 7.66. The van der Waals surface area contributed by atoms with Crippen LogP contribution in [0.3, 0.4) is 0 Å². The normalized spacial score (nSPS) is 20.1. The second-order valence-electron chi connectivity index (χ2n) is 5.40. The number of carbonyl (C=O) groups is 1. The summed E-state index contributed by atoms with van der Waals surface area (Å²) in [5, 5.41) is 0. The van der Waals surface area contributed by atoms with Gasteiger partial charge < -0.3 is 4.90 Å². The van der Waals surface area contributed by atoms with Crippen molar-refractivity contribution >= 4 is 11.5 Å². The lowest BCUT2D eigenvalue weighted by molar-refractivity contribution is 0.0988. The van der Waals surface area contributed by atoms with Gasteiger partial charge in [0, 0.05) is 30.3 Å². The second-order valence-corrected chi connectivity index (χ2v) is 5.40. The Morgan fingerprint density at radius 3 is 2.74 bits per heavy atom. The van der Waals surface area contributed by atoms with Gasteiger partial charge in [-0.3, -0.25) is 4.79 Å². The van der Waals surface area contributed by atoms with Crippen LogP contribution in [0.4, 0.5) is 5.69 Å². The molecule has 2 nitrogen and oxygen atoms in total. The molecule has 1 aliphatic heterocycles. The molecule has 1 saturated heterocycles. The van der Waals surface area contributed by atoms with Gasteiger partial charge in [-0.05, 0) is 31.4 Å². The monoisotopic (exact) mass is 259 g/mol. The number of hydrogen-bond donors (Lipinski definition) is 0. The van der Waals surface area contributed by atoms with Crippen LogP contribution in [-0.4, -0.2) is 18.4 Å². The van der Waals surface area contributed by atoms with Crippen LogP contribution in [0.25, 0.3) is 0 Å². The highest BCUT2D eigenvalue weighted by Gasteiger charge is 2.23. The molecule has 2 rings (SSSR count). The van der Waals surface area contributed by atoms with Gasteiger partial charge in [0.2, 0.25) is 0 Å². The first kappa shape index (κ1) is 14.1. The Labute approximate surface area is 116 Å². The third kappa shape index (κ3) is 3.17. The van der Waals surface area contributed by atoms with Crippen LogP contribution in [0.15, 0.2) is 24.3 Å². The van der Waals surface area contributed by atoms with Crippen molar-refractivity contribution in [3.63, 3.8) is 0 Å². The van der Waals surface area contributed by atoms with Crippen molar-refractivity contribution in [3.8, 4) is 0 Å². The molecule has 1 heterocycles. The smallest absolute Gasteiger partial charge is 0.164 e. The SMILES string of the molecule is CCC(=O)c1ccccc1N1CCCCCC1CC. The van der Waals surface area contributed by atoms with Crippen molar-refractivity contribution in [2.75, 3.05) is 11.4 Å². The first-order chi connectivity index (χ1) is 9.27. The standard InChI is InChI=1S/C17H25NO/c1-3-14-10-6-5-9-13-18(14)16-12-8-7-11-15(16)17(19)4-2/h7-8,11-12,14H,3-6,9-10,13H2,1-2H3. The molecule has 0 aromatic heterocycles. The minimum absolute atomic E-state index is 0.259. The summed E-state index contributed by atoms with van der Waals surface area (Å²) in [6, 6.07) is 8.73. The van der Waals surface area contributed by atoms with Crippen molar-refractivity contribution in [3.05, 3.63) is 29.8 Å². The highest BCUT2D eigenvalue weighted by molar-refractivity contribution is 6.01. The molecule has 19 heavy (non-hydrogen) atoms. The van der Waals surface area contributed by atoms with E-state index in [0.29, 0.717) is 12.5 Å². The zero-order chi connectivity index (χ0) is 13.7. The molecule has 0 N–H and O–H groups in total. The van der Waals surface area contributed by atoms with E-state index in [9.17, 15) is 4.79 Å². The summed E-state index contributed by atoms with van der Waals surface area (Å²) < 4.78 is 0. The van der Waals surface area contributed by atoms with Crippen molar-refractivity contribution in [1.29, 1.82) is 0 Å². The molecule has 104 valence electrons. The topological polar surface area (TPSA) is 20.3 Å². The fraction of sp³-hybridized carbons (Fsp3) is 0.588. The summed E-state index contributed by atoms with van der Waals surface area (Å²) >= 11 is 0. The van der Waals surface area contributed by atoms with E-state index in [-0.39, 0.29) is 5.78 Å². The van der Waals surface area contributed by atoms with Gasteiger partial charge in [0.1, 0.15) is 0 Å². The summed E-state index contributed by atoms with van der Waals surface area (Å²) in [4.78, 5) is 14.6. The minimum Gasteiger partial charge on any atom is -0.368 e. The van der Waals surface area contributed by atoms with E-state index in [1.54, 1.807) is 0 Å². The van der Waals surface area contributed by atoms with Crippen LogP contribution >= 0.6 is 0 Å². The van der Waals surface area contributed by atoms with Crippen molar-refractivity contribution < 1.29 is 4.79 Å². The number of nitrogens with zero attached hydrogens (tertiary/aromatic N) is 1. The summed E-state index contributed by atoms with van der Waals surface area (Å²) in [6.45, 7) is 5.29. The molecule has 0 radical (unpaired) electrons. The van der Waals surface area contributed by atoms with Gasteiger partial charge in [0.15, 0.2) is 5.78 Å². The van der Waals surface area contributed by atoms with E-state index in [1.807, 2.05) is 19.1 Å². The predicted octanol–water partition coefficient (Wildman–Crippen LogP) is 4.44. The molecule has 1 atom stereocenters. The van der Waals surface area contributed by atoms with Gasteiger partial charge in [-0.2, -0.15) is 0 Å². The molecule has 0 bridgehead atoms. The molecule has 2 heteroatoms. The number of carbonyl (C=O) groups excluding carboxylic acids is 1. The Kier molecular flexibility index (Phi) is 5.00. The van der Waals surface area contributed by atoms with E-state index >= 15 is 0 Å². The quantitative estimate of drug-likeness (QED) is 0.745. The fourth-order valence-electron chi connectivity index (χ4n) is 3.07. The molecule has 1 aromatic rings.